The number of carbonyl (C=O) groups excluding carboxylic acids is 2. The Morgan fingerprint density at radius 3 is 2.08 bits per heavy atom. The predicted molar refractivity (Wildman–Crippen MR) is 101 cm³/mol. The van der Waals surface area contributed by atoms with Gasteiger partial charge in [0.2, 0.25) is 0 Å². The second kappa shape index (κ2) is 8.31. The summed E-state index contributed by atoms with van der Waals surface area (Å²) in [7, 11) is 0. The lowest BCUT2D eigenvalue weighted by atomic mass is 10.3. The van der Waals surface area contributed by atoms with E-state index in [1.54, 1.807) is 12.1 Å². The van der Waals surface area contributed by atoms with Crippen molar-refractivity contribution in [3.63, 3.8) is 0 Å². The molecule has 0 saturated heterocycles. The molecule has 3 rings (SSSR count). The van der Waals surface area contributed by atoms with Gasteiger partial charge in [-0.2, -0.15) is 0 Å². The predicted octanol–water partition coefficient (Wildman–Crippen LogP) is 4.55. The monoisotopic (exact) mass is 366 g/mol. The maximum absolute atomic E-state index is 12.9. The Hall–Kier alpha value is -3.12. The molecular weight excluding hydrogens is 351 g/mol. The third-order valence-electron chi connectivity index (χ3n) is 3.41. The van der Waals surface area contributed by atoms with Gasteiger partial charge in [0, 0.05) is 15.5 Å². The van der Waals surface area contributed by atoms with E-state index in [0.29, 0.717) is 11.4 Å². The van der Waals surface area contributed by atoms with E-state index in [1.807, 2.05) is 42.5 Å². The highest BCUT2D eigenvalue weighted by molar-refractivity contribution is 7.99. The fourth-order valence-corrected chi connectivity index (χ4v) is 3.10. The van der Waals surface area contributed by atoms with Gasteiger partial charge in [0.15, 0.2) is 0 Å². The number of amides is 2. The van der Waals surface area contributed by atoms with Crippen LogP contribution >= 0.6 is 11.8 Å². The zero-order chi connectivity index (χ0) is 18.4. The molecule has 26 heavy (non-hydrogen) atoms. The molecule has 0 aliphatic carbocycles. The third kappa shape index (κ3) is 4.70. The lowest BCUT2D eigenvalue weighted by Gasteiger charge is -2.11. The van der Waals surface area contributed by atoms with Gasteiger partial charge in [-0.15, -0.1) is 0 Å². The second-order valence-corrected chi connectivity index (χ2v) is 6.44. The van der Waals surface area contributed by atoms with E-state index in [4.69, 9.17) is 0 Å². The van der Waals surface area contributed by atoms with E-state index in [1.165, 1.54) is 36.0 Å². The molecule has 0 radical (unpaired) electrons. The Morgan fingerprint density at radius 2 is 1.35 bits per heavy atom. The summed E-state index contributed by atoms with van der Waals surface area (Å²) < 4.78 is 12.9. The van der Waals surface area contributed by atoms with Gasteiger partial charge in [0.25, 0.3) is 0 Å². The van der Waals surface area contributed by atoms with E-state index in [-0.39, 0.29) is 0 Å². The number of para-hydroxylation sites is 1. The molecule has 0 aliphatic rings. The first-order valence-electron chi connectivity index (χ1n) is 7.81. The molecule has 3 aromatic carbocycles. The maximum Gasteiger partial charge on any atom is 0.314 e. The fraction of sp³-hybridized carbons (Fsp3) is 0. The first kappa shape index (κ1) is 17.7. The molecule has 130 valence electrons. The van der Waals surface area contributed by atoms with Crippen molar-refractivity contribution in [2.24, 2.45) is 0 Å². The molecule has 0 bridgehead atoms. The highest BCUT2D eigenvalue weighted by atomic mass is 32.2. The summed E-state index contributed by atoms with van der Waals surface area (Å²) in [6.45, 7) is 0. The molecule has 2 amide bonds. The van der Waals surface area contributed by atoms with Crippen LogP contribution in [-0.2, 0) is 9.59 Å². The Bertz CT molecular complexity index is 915. The molecule has 0 heterocycles. The van der Waals surface area contributed by atoms with Crippen molar-refractivity contribution >= 4 is 35.0 Å². The largest absolute Gasteiger partial charge is 0.318 e. The van der Waals surface area contributed by atoms with Gasteiger partial charge in [-0.05, 0) is 48.5 Å². The lowest BCUT2D eigenvalue weighted by Crippen LogP contribution is -2.29. The Balaban J connectivity index is 1.69. The molecule has 6 heteroatoms. The molecular formula is C20H15FN2O2S. The maximum atomic E-state index is 12.9. The summed E-state index contributed by atoms with van der Waals surface area (Å²) in [5.74, 6) is -2.04. The van der Waals surface area contributed by atoms with Crippen LogP contribution in [0.1, 0.15) is 0 Å². The molecule has 3 aromatic rings. The minimum absolute atomic E-state index is 0.346. The summed E-state index contributed by atoms with van der Waals surface area (Å²) in [4.78, 5) is 26.1. The minimum Gasteiger partial charge on any atom is -0.318 e. The van der Waals surface area contributed by atoms with Crippen LogP contribution in [0.3, 0.4) is 0 Å². The van der Waals surface area contributed by atoms with E-state index >= 15 is 0 Å². The van der Waals surface area contributed by atoms with Crippen LogP contribution in [0.15, 0.2) is 88.7 Å². The van der Waals surface area contributed by atoms with Crippen LogP contribution in [0.25, 0.3) is 0 Å². The van der Waals surface area contributed by atoms with E-state index in [2.05, 4.69) is 10.6 Å². The molecule has 0 atom stereocenters. The van der Waals surface area contributed by atoms with Crippen LogP contribution in [0.4, 0.5) is 15.8 Å². The van der Waals surface area contributed by atoms with E-state index in [0.717, 1.165) is 9.79 Å². The average molecular weight is 366 g/mol. The van der Waals surface area contributed by atoms with Gasteiger partial charge in [0.1, 0.15) is 5.82 Å². The van der Waals surface area contributed by atoms with Crippen molar-refractivity contribution in [2.45, 2.75) is 9.79 Å². The summed E-state index contributed by atoms with van der Waals surface area (Å²) in [5.41, 5.74) is 0.888. The lowest BCUT2D eigenvalue weighted by molar-refractivity contribution is -0.133. The van der Waals surface area contributed by atoms with Crippen LogP contribution in [0.5, 0.6) is 0 Å². The summed E-state index contributed by atoms with van der Waals surface area (Å²) in [5, 5.41) is 5.05. The number of carbonyl (C=O) groups is 2. The van der Waals surface area contributed by atoms with E-state index in [9.17, 15) is 14.0 Å². The van der Waals surface area contributed by atoms with Gasteiger partial charge in [-0.25, -0.2) is 4.39 Å². The first-order chi connectivity index (χ1) is 12.6. The molecule has 0 unspecified atom stereocenters. The summed E-state index contributed by atoms with van der Waals surface area (Å²) in [6.07, 6.45) is 0. The van der Waals surface area contributed by atoms with Crippen molar-refractivity contribution in [1.82, 2.24) is 0 Å². The number of anilines is 2. The van der Waals surface area contributed by atoms with Crippen molar-refractivity contribution in [3.8, 4) is 0 Å². The molecule has 0 aliphatic heterocycles. The third-order valence-corrected chi connectivity index (χ3v) is 4.50. The van der Waals surface area contributed by atoms with Gasteiger partial charge >= 0.3 is 11.8 Å². The summed E-state index contributed by atoms with van der Waals surface area (Å²) in [6, 6.07) is 22.1. The quantitative estimate of drug-likeness (QED) is 0.666. The smallest absolute Gasteiger partial charge is 0.314 e. The van der Waals surface area contributed by atoms with Gasteiger partial charge in [-0.3, -0.25) is 9.59 Å². The number of benzene rings is 3. The van der Waals surface area contributed by atoms with Crippen molar-refractivity contribution < 1.29 is 14.0 Å². The molecule has 2 N–H and O–H groups in total. The van der Waals surface area contributed by atoms with Crippen molar-refractivity contribution in [2.75, 3.05) is 10.6 Å². The zero-order valence-corrected chi connectivity index (χ0v) is 14.4. The minimum atomic E-state index is -0.823. The number of nitrogens with one attached hydrogen (secondary N) is 2. The van der Waals surface area contributed by atoms with Crippen LogP contribution in [0, 0.1) is 5.82 Å². The van der Waals surface area contributed by atoms with Crippen molar-refractivity contribution in [3.05, 3.63) is 84.7 Å². The van der Waals surface area contributed by atoms with Gasteiger partial charge < -0.3 is 10.6 Å². The SMILES string of the molecule is O=C(Nc1ccc(F)cc1)C(=O)Nc1ccccc1Sc1ccccc1. The van der Waals surface area contributed by atoms with Gasteiger partial charge in [0.05, 0.1) is 5.69 Å². The van der Waals surface area contributed by atoms with Crippen molar-refractivity contribution in [1.29, 1.82) is 0 Å². The van der Waals surface area contributed by atoms with Gasteiger partial charge in [-0.1, -0.05) is 42.1 Å². The van der Waals surface area contributed by atoms with Crippen LogP contribution in [0.2, 0.25) is 0 Å². The number of halogens is 1. The number of hydrogen-bond acceptors (Lipinski definition) is 3. The molecule has 0 saturated carbocycles. The normalized spacial score (nSPS) is 10.2. The highest BCUT2D eigenvalue weighted by Gasteiger charge is 2.16. The molecule has 0 fully saturated rings. The molecule has 0 spiro atoms. The Labute approximate surface area is 154 Å². The average Bonchev–Trinajstić information content (AvgIpc) is 2.66. The van der Waals surface area contributed by atoms with Crippen LogP contribution in [-0.4, -0.2) is 11.8 Å². The molecule has 0 aromatic heterocycles. The molecule has 4 nitrogen and oxygen atoms in total. The standard InChI is InChI=1S/C20H15FN2O2S/c21-14-10-12-15(13-11-14)22-19(24)20(25)23-17-8-4-5-9-18(17)26-16-6-2-1-3-7-16/h1-13H,(H,22,24)(H,23,25). The Kier molecular flexibility index (Phi) is 5.66. The highest BCUT2D eigenvalue weighted by Crippen LogP contribution is 2.33. The second-order valence-electron chi connectivity index (χ2n) is 5.33. The Morgan fingerprint density at radius 1 is 0.731 bits per heavy atom. The first-order valence-corrected chi connectivity index (χ1v) is 8.63. The van der Waals surface area contributed by atoms with E-state index < -0.39 is 17.6 Å². The fourth-order valence-electron chi connectivity index (χ4n) is 2.17. The van der Waals surface area contributed by atoms with Crippen LogP contribution < -0.4 is 10.6 Å². The zero-order valence-electron chi connectivity index (χ0n) is 13.6. The number of hydrogen-bond donors (Lipinski definition) is 2. The topological polar surface area (TPSA) is 58.2 Å². The summed E-state index contributed by atoms with van der Waals surface area (Å²) >= 11 is 1.49. The number of rotatable bonds is 4.